The van der Waals surface area contributed by atoms with E-state index in [2.05, 4.69) is 0 Å². The van der Waals surface area contributed by atoms with Gasteiger partial charge in [0.25, 0.3) is 0 Å². The molecule has 1 unspecified atom stereocenters. The van der Waals surface area contributed by atoms with Crippen LogP contribution in [0, 0.1) is 5.82 Å². The summed E-state index contributed by atoms with van der Waals surface area (Å²) < 4.78 is 39.9. The molecule has 1 aromatic rings. The molecule has 0 N–H and O–H groups in total. The molecule has 0 radical (unpaired) electrons. The lowest BCUT2D eigenvalue weighted by Gasteiger charge is -2.34. The van der Waals surface area contributed by atoms with Gasteiger partial charge in [-0.25, -0.2) is 4.39 Å². The molecule has 0 saturated carbocycles. The van der Waals surface area contributed by atoms with Crippen molar-refractivity contribution in [2.75, 3.05) is 19.8 Å². The minimum absolute atomic E-state index is 0.0113. The van der Waals surface area contributed by atoms with Gasteiger partial charge in [0.15, 0.2) is 0 Å². The fourth-order valence-corrected chi connectivity index (χ4v) is 4.72. The molecule has 4 nitrogen and oxygen atoms in total. The minimum atomic E-state index is -1.13. The van der Waals surface area contributed by atoms with Crippen LogP contribution in [-0.2, 0) is 16.1 Å². The first-order valence-electron chi connectivity index (χ1n) is 8.59. The predicted octanol–water partition coefficient (Wildman–Crippen LogP) is 3.59. The quantitative estimate of drug-likeness (QED) is 0.774. The minimum Gasteiger partial charge on any atom is -0.597 e. The van der Waals surface area contributed by atoms with Gasteiger partial charge in [-0.2, -0.15) is 0 Å². The molecule has 2 saturated heterocycles. The van der Waals surface area contributed by atoms with Crippen LogP contribution >= 0.6 is 0 Å². The zero-order chi connectivity index (χ0) is 17.3. The molecule has 2 aliphatic heterocycles. The van der Waals surface area contributed by atoms with E-state index in [1.807, 2.05) is 25.1 Å². The lowest BCUT2D eigenvalue weighted by molar-refractivity contribution is 0.139. The molecular weight excluding hydrogens is 329 g/mol. The first kappa shape index (κ1) is 18.0. The van der Waals surface area contributed by atoms with Crippen LogP contribution in [-0.4, -0.2) is 39.5 Å². The summed E-state index contributed by atoms with van der Waals surface area (Å²) in [6, 6.07) is 4.58. The first-order chi connectivity index (χ1) is 11.4. The van der Waals surface area contributed by atoms with Crippen molar-refractivity contribution >= 4 is 11.4 Å². The highest BCUT2D eigenvalue weighted by atomic mass is 32.2. The molecule has 3 atom stereocenters. The van der Waals surface area contributed by atoms with Crippen LogP contribution in [0.3, 0.4) is 0 Å². The zero-order valence-corrected chi connectivity index (χ0v) is 15.4. The van der Waals surface area contributed by atoms with Gasteiger partial charge in [0.2, 0.25) is 0 Å². The van der Waals surface area contributed by atoms with Crippen LogP contribution in [0.4, 0.5) is 4.39 Å². The third kappa shape index (κ3) is 3.87. The summed E-state index contributed by atoms with van der Waals surface area (Å²) in [6.45, 7) is 7.94. The molecule has 24 heavy (non-hydrogen) atoms. The third-order valence-corrected chi connectivity index (χ3v) is 6.36. The predicted molar refractivity (Wildman–Crippen MR) is 92.8 cm³/mol. The highest BCUT2D eigenvalue weighted by Gasteiger charge is 2.42. The first-order valence-corrected chi connectivity index (χ1v) is 9.69. The van der Waals surface area contributed by atoms with Crippen molar-refractivity contribution in [3.63, 3.8) is 0 Å². The van der Waals surface area contributed by atoms with Gasteiger partial charge in [-0.15, -0.1) is 4.31 Å². The molecule has 3 rings (SSSR count). The van der Waals surface area contributed by atoms with Crippen molar-refractivity contribution in [1.82, 2.24) is 4.31 Å². The van der Waals surface area contributed by atoms with Gasteiger partial charge in [-0.3, -0.25) is 0 Å². The van der Waals surface area contributed by atoms with E-state index in [-0.39, 0.29) is 22.7 Å². The van der Waals surface area contributed by atoms with Crippen LogP contribution in [0.2, 0.25) is 0 Å². The Morgan fingerprint density at radius 1 is 1.33 bits per heavy atom. The summed E-state index contributed by atoms with van der Waals surface area (Å²) in [4.78, 5) is 0. The fourth-order valence-electron chi connectivity index (χ4n) is 3.27. The van der Waals surface area contributed by atoms with E-state index in [0.29, 0.717) is 19.0 Å². The van der Waals surface area contributed by atoms with Gasteiger partial charge in [-0.1, -0.05) is 0 Å². The van der Waals surface area contributed by atoms with Crippen LogP contribution in [0.25, 0.3) is 0 Å². The molecule has 2 fully saturated rings. The highest BCUT2D eigenvalue weighted by Crippen LogP contribution is 2.41. The van der Waals surface area contributed by atoms with Gasteiger partial charge in [0, 0.05) is 29.9 Å². The second kappa shape index (κ2) is 7.20. The summed E-state index contributed by atoms with van der Waals surface area (Å²) in [5, 5.41) is 0. The van der Waals surface area contributed by atoms with Crippen LogP contribution < -0.4 is 4.74 Å². The summed E-state index contributed by atoms with van der Waals surface area (Å²) in [5.41, 5.74) is 0.803. The normalized spacial score (nSPS) is 26.7. The molecule has 2 heterocycles. The largest absolute Gasteiger partial charge is 0.597 e. The molecule has 134 valence electrons. The Labute approximate surface area is 146 Å². The number of hydrogen-bond donors (Lipinski definition) is 0. The van der Waals surface area contributed by atoms with E-state index >= 15 is 0 Å². The number of hydrogen-bond acceptors (Lipinski definition) is 4. The summed E-state index contributed by atoms with van der Waals surface area (Å²) in [6.07, 6.45) is 2.67. The average Bonchev–Trinajstić information content (AvgIpc) is 3.18. The number of halogens is 1. The Morgan fingerprint density at radius 2 is 2.12 bits per heavy atom. The van der Waals surface area contributed by atoms with E-state index in [1.165, 1.54) is 12.1 Å². The van der Waals surface area contributed by atoms with E-state index in [9.17, 15) is 8.94 Å². The Morgan fingerprint density at radius 3 is 2.79 bits per heavy atom. The summed E-state index contributed by atoms with van der Waals surface area (Å²) in [5.74, 6) is 0.406. The Kier molecular flexibility index (Phi) is 5.39. The SMILES string of the molecule is CC(C)(C)[S+]([O-])N1CCC[C@H]1c1cc(F)ccc1O[C@@H]1CCOC1. The monoisotopic (exact) mass is 355 g/mol. The highest BCUT2D eigenvalue weighted by molar-refractivity contribution is 7.90. The number of benzene rings is 1. The molecule has 0 bridgehead atoms. The van der Waals surface area contributed by atoms with Crippen molar-refractivity contribution in [2.24, 2.45) is 0 Å². The average molecular weight is 355 g/mol. The van der Waals surface area contributed by atoms with Crippen LogP contribution in [0.1, 0.15) is 51.6 Å². The third-order valence-electron chi connectivity index (χ3n) is 4.45. The Balaban J connectivity index is 1.87. The smallest absolute Gasteiger partial charge is 0.137 e. The van der Waals surface area contributed by atoms with E-state index < -0.39 is 11.4 Å². The van der Waals surface area contributed by atoms with Gasteiger partial charge < -0.3 is 14.0 Å². The van der Waals surface area contributed by atoms with Gasteiger partial charge >= 0.3 is 0 Å². The topological polar surface area (TPSA) is 44.8 Å². The van der Waals surface area contributed by atoms with Gasteiger partial charge in [-0.05, 0) is 51.8 Å². The maximum atomic E-state index is 13.9. The van der Waals surface area contributed by atoms with Crippen molar-refractivity contribution < 1.29 is 18.4 Å². The zero-order valence-electron chi connectivity index (χ0n) is 14.6. The fraction of sp³-hybridized carbons (Fsp3) is 0.667. The van der Waals surface area contributed by atoms with E-state index in [4.69, 9.17) is 9.47 Å². The molecule has 0 aliphatic carbocycles. The Hall–Kier alpha value is -0.820. The van der Waals surface area contributed by atoms with Crippen molar-refractivity contribution in [3.05, 3.63) is 29.6 Å². The van der Waals surface area contributed by atoms with Crippen molar-refractivity contribution in [3.8, 4) is 5.75 Å². The maximum absolute atomic E-state index is 13.9. The van der Waals surface area contributed by atoms with Crippen molar-refractivity contribution in [1.29, 1.82) is 0 Å². The number of rotatable bonds is 4. The van der Waals surface area contributed by atoms with E-state index in [1.54, 1.807) is 6.07 Å². The van der Waals surface area contributed by atoms with Gasteiger partial charge in [0.05, 0.1) is 19.3 Å². The molecule has 0 aromatic heterocycles. The lowest BCUT2D eigenvalue weighted by Crippen LogP contribution is -2.42. The van der Waals surface area contributed by atoms with E-state index in [0.717, 1.165) is 31.4 Å². The second-order valence-corrected chi connectivity index (χ2v) is 9.64. The molecule has 0 spiro atoms. The summed E-state index contributed by atoms with van der Waals surface area (Å²) in [7, 11) is 0. The lowest BCUT2D eigenvalue weighted by atomic mass is 10.0. The summed E-state index contributed by atoms with van der Waals surface area (Å²) >= 11 is -1.13. The second-order valence-electron chi connectivity index (χ2n) is 7.45. The number of nitrogens with zero attached hydrogens (tertiary/aromatic N) is 1. The molecule has 6 heteroatoms. The standard InChI is InChI=1S/C18H26FNO3S/c1-18(2,3)24(21)20-9-4-5-16(20)15-11-13(19)6-7-17(15)23-14-8-10-22-12-14/h6-7,11,14,16H,4-5,8-10,12H2,1-3H3/t14-,16+,24?/m1/s1. The molecule has 0 amide bonds. The molecular formula is C18H26FNO3S. The Bertz CT molecular complexity index is 572. The van der Waals surface area contributed by atoms with Crippen LogP contribution in [0.15, 0.2) is 18.2 Å². The maximum Gasteiger partial charge on any atom is 0.137 e. The van der Waals surface area contributed by atoms with Crippen LogP contribution in [0.5, 0.6) is 5.75 Å². The van der Waals surface area contributed by atoms with Crippen molar-refractivity contribution in [2.45, 2.75) is 56.9 Å². The number of ether oxygens (including phenoxy) is 2. The van der Waals surface area contributed by atoms with Gasteiger partial charge in [0.1, 0.15) is 22.4 Å². The molecule has 1 aromatic carbocycles. The molecule has 2 aliphatic rings.